The Bertz CT molecular complexity index is 767. The van der Waals surface area contributed by atoms with Crippen LogP contribution in [0.4, 0.5) is 0 Å². The number of hydrogen-bond donors (Lipinski definition) is 0. The predicted molar refractivity (Wildman–Crippen MR) is 88.8 cm³/mol. The van der Waals surface area contributed by atoms with Crippen LogP contribution in [0.1, 0.15) is 33.6 Å². The quantitative estimate of drug-likeness (QED) is 0.783. The van der Waals surface area contributed by atoms with Crippen LogP contribution in [0.5, 0.6) is 0 Å². The lowest BCUT2D eigenvalue weighted by atomic mass is 9.71. The Labute approximate surface area is 134 Å². The van der Waals surface area contributed by atoms with E-state index in [1.165, 1.54) is 0 Å². The number of carbonyl (C=O) groups excluding carboxylic acids is 1. The highest BCUT2D eigenvalue weighted by atomic mass is 32.2. The highest BCUT2D eigenvalue weighted by molar-refractivity contribution is 8.00. The van der Waals surface area contributed by atoms with Gasteiger partial charge in [0.1, 0.15) is 17.1 Å². The number of para-hydroxylation sites is 1. The molecule has 0 N–H and O–H groups in total. The van der Waals surface area contributed by atoms with Crippen LogP contribution >= 0.6 is 11.8 Å². The molecule has 2 bridgehead atoms. The maximum absolute atomic E-state index is 12.9. The smallest absolute Gasteiger partial charge is 0.150 e. The summed E-state index contributed by atoms with van der Waals surface area (Å²) in [6.07, 6.45) is 3.79. The van der Waals surface area contributed by atoms with Gasteiger partial charge in [-0.1, -0.05) is 50.7 Å². The zero-order chi connectivity index (χ0) is 15.5. The van der Waals surface area contributed by atoms with Crippen molar-refractivity contribution in [1.82, 2.24) is 9.97 Å². The molecule has 2 aliphatic carbocycles. The number of rotatable bonds is 2. The number of Topliss-reactive ketones (excluding diaryl/α,β-unsaturated/α-hetero) is 1. The second-order valence-corrected chi connectivity index (χ2v) is 8.42. The molecule has 4 heteroatoms. The minimum atomic E-state index is 0.0135. The van der Waals surface area contributed by atoms with Crippen molar-refractivity contribution in [2.24, 2.45) is 16.7 Å². The fourth-order valence-corrected chi connectivity index (χ4v) is 5.96. The average molecular weight is 312 g/mol. The average Bonchev–Trinajstić information content (AvgIpc) is 2.81. The van der Waals surface area contributed by atoms with Gasteiger partial charge in [0.05, 0.1) is 10.8 Å². The normalized spacial score (nSPS) is 32.8. The molecular formula is C18H20N2OS. The topological polar surface area (TPSA) is 42.9 Å². The molecule has 1 heterocycles. The van der Waals surface area contributed by atoms with Gasteiger partial charge in [0.15, 0.2) is 0 Å². The molecule has 0 aliphatic heterocycles. The summed E-state index contributed by atoms with van der Waals surface area (Å²) >= 11 is 1.65. The fourth-order valence-electron chi connectivity index (χ4n) is 4.36. The van der Waals surface area contributed by atoms with Crippen molar-refractivity contribution in [3.63, 3.8) is 0 Å². The van der Waals surface area contributed by atoms with E-state index in [9.17, 15) is 4.79 Å². The van der Waals surface area contributed by atoms with Crippen LogP contribution in [-0.4, -0.2) is 21.0 Å². The highest BCUT2D eigenvalue weighted by Crippen LogP contribution is 2.67. The Morgan fingerprint density at radius 1 is 1.18 bits per heavy atom. The maximum atomic E-state index is 12.9. The van der Waals surface area contributed by atoms with Gasteiger partial charge in [-0.3, -0.25) is 4.79 Å². The molecule has 0 spiro atoms. The van der Waals surface area contributed by atoms with Crippen molar-refractivity contribution in [1.29, 1.82) is 0 Å². The summed E-state index contributed by atoms with van der Waals surface area (Å²) in [6.45, 7) is 6.82. The van der Waals surface area contributed by atoms with E-state index in [4.69, 9.17) is 0 Å². The monoisotopic (exact) mass is 312 g/mol. The number of hydrogen-bond acceptors (Lipinski definition) is 4. The molecule has 2 fully saturated rings. The van der Waals surface area contributed by atoms with Crippen molar-refractivity contribution in [3.8, 4) is 0 Å². The van der Waals surface area contributed by atoms with E-state index in [2.05, 4.69) is 30.7 Å². The third-order valence-corrected chi connectivity index (χ3v) is 7.75. The first-order valence-corrected chi connectivity index (χ1v) is 8.73. The Morgan fingerprint density at radius 3 is 2.68 bits per heavy atom. The van der Waals surface area contributed by atoms with E-state index in [0.29, 0.717) is 5.78 Å². The van der Waals surface area contributed by atoms with Crippen molar-refractivity contribution < 1.29 is 4.79 Å². The molecule has 0 saturated heterocycles. The van der Waals surface area contributed by atoms with Gasteiger partial charge in [0.2, 0.25) is 0 Å². The van der Waals surface area contributed by atoms with Gasteiger partial charge >= 0.3 is 0 Å². The summed E-state index contributed by atoms with van der Waals surface area (Å²) in [4.78, 5) is 21.7. The standard InChI is InChI=1S/C18H20N2OS/c1-17(2)12-8-9-18(17,3)15(14(12)21)22-16-11-6-4-5-7-13(11)19-10-20-16/h4-7,10,12,15H,8-9H2,1-3H3/t12-,15+,18-/m0/s1. The molecule has 3 atom stereocenters. The summed E-state index contributed by atoms with van der Waals surface area (Å²) < 4.78 is 0. The summed E-state index contributed by atoms with van der Waals surface area (Å²) in [7, 11) is 0. The van der Waals surface area contributed by atoms with Crippen LogP contribution in [0, 0.1) is 16.7 Å². The molecule has 1 aromatic carbocycles. The van der Waals surface area contributed by atoms with E-state index in [-0.39, 0.29) is 22.0 Å². The third-order valence-electron chi connectivity index (χ3n) is 6.21. The van der Waals surface area contributed by atoms with Crippen LogP contribution in [-0.2, 0) is 4.79 Å². The Balaban J connectivity index is 1.76. The number of aromatic nitrogens is 2. The highest BCUT2D eigenvalue weighted by Gasteiger charge is 2.66. The molecule has 0 amide bonds. The van der Waals surface area contributed by atoms with Crippen LogP contribution in [0.25, 0.3) is 10.9 Å². The Hall–Kier alpha value is -1.42. The summed E-state index contributed by atoms with van der Waals surface area (Å²) in [5, 5.41) is 2.00. The lowest BCUT2D eigenvalue weighted by Crippen LogP contribution is -2.35. The van der Waals surface area contributed by atoms with Crippen molar-refractivity contribution >= 4 is 28.4 Å². The number of benzene rings is 1. The second kappa shape index (κ2) is 4.54. The number of ketones is 1. The van der Waals surface area contributed by atoms with E-state index >= 15 is 0 Å². The molecule has 4 rings (SSSR count). The van der Waals surface area contributed by atoms with Gasteiger partial charge in [-0.2, -0.15) is 0 Å². The van der Waals surface area contributed by atoms with Crippen molar-refractivity contribution in [2.75, 3.05) is 0 Å². The van der Waals surface area contributed by atoms with Gasteiger partial charge in [-0.05, 0) is 29.7 Å². The van der Waals surface area contributed by atoms with E-state index in [0.717, 1.165) is 28.8 Å². The molecule has 114 valence electrons. The molecule has 0 unspecified atom stereocenters. The molecule has 2 aliphatic rings. The zero-order valence-corrected chi connectivity index (χ0v) is 14.0. The first-order valence-electron chi connectivity index (χ1n) is 7.85. The largest absolute Gasteiger partial charge is 0.298 e. The minimum absolute atomic E-state index is 0.0135. The number of thioether (sulfide) groups is 1. The summed E-state index contributed by atoms with van der Waals surface area (Å²) in [6, 6.07) is 8.03. The summed E-state index contributed by atoms with van der Waals surface area (Å²) in [5.41, 5.74) is 1.09. The van der Waals surface area contributed by atoms with E-state index < -0.39 is 0 Å². The van der Waals surface area contributed by atoms with Crippen LogP contribution in [0.15, 0.2) is 35.6 Å². The van der Waals surface area contributed by atoms with Crippen molar-refractivity contribution in [3.05, 3.63) is 30.6 Å². The van der Waals surface area contributed by atoms with Crippen LogP contribution in [0.2, 0.25) is 0 Å². The fraction of sp³-hybridized carbons (Fsp3) is 0.500. The van der Waals surface area contributed by atoms with E-state index in [1.807, 2.05) is 24.3 Å². The van der Waals surface area contributed by atoms with Gasteiger partial charge in [-0.15, -0.1) is 0 Å². The number of carbonyl (C=O) groups is 1. The first-order chi connectivity index (χ1) is 10.4. The van der Waals surface area contributed by atoms with Crippen LogP contribution < -0.4 is 0 Å². The molecule has 0 radical (unpaired) electrons. The predicted octanol–water partition coefficient (Wildman–Crippen LogP) is 4.12. The van der Waals surface area contributed by atoms with Crippen LogP contribution in [0.3, 0.4) is 0 Å². The SMILES string of the molecule is CC1(C)[C@H]2CC[C@@]1(C)[C@H](Sc1ncnc3ccccc13)C2=O. The van der Waals surface area contributed by atoms with Gasteiger partial charge in [0, 0.05) is 11.3 Å². The zero-order valence-electron chi connectivity index (χ0n) is 13.2. The summed E-state index contributed by atoms with van der Waals surface area (Å²) in [5.74, 6) is 0.634. The molecule has 3 nitrogen and oxygen atoms in total. The maximum Gasteiger partial charge on any atom is 0.150 e. The molecule has 2 aromatic rings. The molecular weight excluding hydrogens is 292 g/mol. The van der Waals surface area contributed by atoms with Gasteiger partial charge in [0.25, 0.3) is 0 Å². The Morgan fingerprint density at radius 2 is 1.95 bits per heavy atom. The Kier molecular flexibility index (Phi) is 2.93. The van der Waals surface area contributed by atoms with Gasteiger partial charge in [-0.25, -0.2) is 9.97 Å². The molecule has 22 heavy (non-hydrogen) atoms. The van der Waals surface area contributed by atoms with Gasteiger partial charge < -0.3 is 0 Å². The van der Waals surface area contributed by atoms with Crippen molar-refractivity contribution in [2.45, 2.75) is 43.9 Å². The second-order valence-electron chi connectivity index (χ2n) is 7.33. The van der Waals surface area contributed by atoms with E-state index in [1.54, 1.807) is 18.1 Å². The first kappa shape index (κ1) is 14.2. The number of nitrogens with zero attached hydrogens (tertiary/aromatic N) is 2. The minimum Gasteiger partial charge on any atom is -0.298 e. The number of fused-ring (bicyclic) bond motifs is 3. The third kappa shape index (κ3) is 1.67. The molecule has 2 saturated carbocycles. The molecule has 1 aromatic heterocycles. The lowest BCUT2D eigenvalue weighted by molar-refractivity contribution is -0.122. The lowest BCUT2D eigenvalue weighted by Gasteiger charge is -2.37.